The van der Waals surface area contributed by atoms with Crippen LogP contribution in [0.4, 0.5) is 5.69 Å². The largest absolute Gasteiger partial charge is 0.451 e. The first-order valence-corrected chi connectivity index (χ1v) is 11.9. The molecule has 0 aromatic heterocycles. The van der Waals surface area contributed by atoms with E-state index in [2.05, 4.69) is 5.32 Å². The van der Waals surface area contributed by atoms with Gasteiger partial charge in [0, 0.05) is 43.3 Å². The minimum absolute atomic E-state index is 0.0379. The second kappa shape index (κ2) is 11.8. The number of fused-ring (bicyclic) bond motifs is 1. The number of amides is 2. The van der Waals surface area contributed by atoms with Gasteiger partial charge in [0.25, 0.3) is 0 Å². The fourth-order valence-electron chi connectivity index (χ4n) is 3.64. The molecule has 2 aromatic rings. The Morgan fingerprint density at radius 2 is 1.91 bits per heavy atom. The first-order chi connectivity index (χ1) is 16.3. The highest BCUT2D eigenvalue weighted by atomic mass is 32.2. The van der Waals surface area contributed by atoms with Gasteiger partial charge in [-0.2, -0.15) is 0 Å². The molecule has 0 saturated heterocycles. The molecule has 34 heavy (non-hydrogen) atoms. The van der Waals surface area contributed by atoms with Gasteiger partial charge in [-0.3, -0.25) is 14.4 Å². The van der Waals surface area contributed by atoms with Crippen LogP contribution in [-0.2, 0) is 25.5 Å². The summed E-state index contributed by atoms with van der Waals surface area (Å²) in [6.07, 6.45) is -0.320. The van der Waals surface area contributed by atoms with Crippen molar-refractivity contribution in [2.45, 2.75) is 31.3 Å². The van der Waals surface area contributed by atoms with Gasteiger partial charge in [0.1, 0.15) is 0 Å². The molecule has 0 saturated carbocycles. The van der Waals surface area contributed by atoms with Crippen molar-refractivity contribution < 1.29 is 28.7 Å². The maximum absolute atomic E-state index is 12.9. The number of carbonyl (C=O) groups excluding carboxylic acids is 4. The summed E-state index contributed by atoms with van der Waals surface area (Å²) in [7, 11) is 1.56. The molecule has 1 heterocycles. The second-order valence-corrected chi connectivity index (χ2v) is 8.82. The van der Waals surface area contributed by atoms with Crippen molar-refractivity contribution in [2.75, 3.05) is 37.5 Å². The van der Waals surface area contributed by atoms with Crippen LogP contribution in [0.1, 0.15) is 40.1 Å². The Hall–Kier alpha value is -3.17. The Labute approximate surface area is 203 Å². The van der Waals surface area contributed by atoms with Crippen molar-refractivity contribution in [2.24, 2.45) is 0 Å². The highest BCUT2D eigenvalue weighted by Crippen LogP contribution is 2.29. The van der Waals surface area contributed by atoms with Crippen LogP contribution in [0, 0.1) is 0 Å². The van der Waals surface area contributed by atoms with Gasteiger partial charge >= 0.3 is 5.97 Å². The zero-order chi connectivity index (χ0) is 24.7. The Kier molecular flexibility index (Phi) is 8.84. The molecule has 2 amide bonds. The molecular weight excluding hydrogens is 456 g/mol. The van der Waals surface area contributed by atoms with Gasteiger partial charge in [0.15, 0.2) is 6.10 Å². The summed E-state index contributed by atoms with van der Waals surface area (Å²) in [5.41, 5.74) is 2.46. The maximum Gasteiger partial charge on any atom is 0.339 e. The molecule has 8 nitrogen and oxygen atoms in total. The number of hydrogen-bond acceptors (Lipinski definition) is 7. The van der Waals surface area contributed by atoms with Crippen LogP contribution in [-0.4, -0.2) is 62.2 Å². The molecule has 9 heteroatoms. The quantitative estimate of drug-likeness (QED) is 0.239. The van der Waals surface area contributed by atoms with Crippen LogP contribution >= 0.6 is 11.8 Å². The number of hydrogen-bond donors (Lipinski definition) is 1. The summed E-state index contributed by atoms with van der Waals surface area (Å²) >= 11 is 1.22. The van der Waals surface area contributed by atoms with Crippen LogP contribution in [0.15, 0.2) is 47.4 Å². The molecule has 1 unspecified atom stereocenters. The number of thioether (sulfide) groups is 1. The Balaban J connectivity index is 1.63. The predicted molar refractivity (Wildman–Crippen MR) is 129 cm³/mol. The van der Waals surface area contributed by atoms with E-state index in [1.165, 1.54) is 25.6 Å². The molecule has 2 aromatic carbocycles. The summed E-state index contributed by atoms with van der Waals surface area (Å²) < 4.78 is 10.4. The number of esters is 1. The van der Waals surface area contributed by atoms with Crippen molar-refractivity contribution in [1.29, 1.82) is 0 Å². The molecule has 3 rings (SSSR count). The Morgan fingerprint density at radius 1 is 1.15 bits per heavy atom. The van der Waals surface area contributed by atoms with E-state index in [-0.39, 0.29) is 23.4 Å². The van der Waals surface area contributed by atoms with E-state index in [1.54, 1.807) is 54.5 Å². The Morgan fingerprint density at radius 3 is 2.65 bits per heavy atom. The Bertz CT molecular complexity index is 1090. The first kappa shape index (κ1) is 25.5. The van der Waals surface area contributed by atoms with Gasteiger partial charge in [-0.05, 0) is 49.2 Å². The molecule has 1 N–H and O–H groups in total. The van der Waals surface area contributed by atoms with Crippen molar-refractivity contribution in [3.8, 4) is 0 Å². The minimum Gasteiger partial charge on any atom is -0.451 e. The molecule has 0 fully saturated rings. The number of Topliss-reactive ketones (excluding diaryl/α,β-unsaturated/α-hetero) is 1. The zero-order valence-electron chi connectivity index (χ0n) is 19.5. The summed E-state index contributed by atoms with van der Waals surface area (Å²) in [5.74, 6) is -1.03. The summed E-state index contributed by atoms with van der Waals surface area (Å²) in [6, 6.07) is 12.0. The summed E-state index contributed by atoms with van der Waals surface area (Å²) in [5, 5.41) is 2.73. The minimum atomic E-state index is -0.994. The first-order valence-electron chi connectivity index (χ1n) is 11.0. The van der Waals surface area contributed by atoms with Crippen LogP contribution < -0.4 is 10.2 Å². The van der Waals surface area contributed by atoms with E-state index in [0.29, 0.717) is 42.1 Å². The van der Waals surface area contributed by atoms with Crippen LogP contribution in [0.3, 0.4) is 0 Å². The normalized spacial score (nSPS) is 13.2. The van der Waals surface area contributed by atoms with Crippen molar-refractivity contribution >= 4 is 41.0 Å². The number of anilines is 1. The fraction of sp³-hybridized carbons (Fsp3) is 0.360. The van der Waals surface area contributed by atoms with E-state index >= 15 is 0 Å². The third-order valence-corrected chi connectivity index (χ3v) is 6.46. The SMILES string of the molecule is COCCNC(=O)CSc1ccccc1C(=O)OC(C)C(=O)c1ccc2c(c1)CCN2C(C)=O. The molecule has 180 valence electrons. The zero-order valence-corrected chi connectivity index (χ0v) is 20.3. The number of methoxy groups -OCH3 is 1. The lowest BCUT2D eigenvalue weighted by Gasteiger charge is -2.16. The van der Waals surface area contributed by atoms with E-state index in [9.17, 15) is 19.2 Å². The predicted octanol–water partition coefficient (Wildman–Crippen LogP) is 2.88. The van der Waals surface area contributed by atoms with E-state index in [4.69, 9.17) is 9.47 Å². The summed E-state index contributed by atoms with van der Waals surface area (Å²) in [4.78, 5) is 51.7. The topological polar surface area (TPSA) is 102 Å². The van der Waals surface area contributed by atoms with Gasteiger partial charge in [-0.15, -0.1) is 11.8 Å². The number of rotatable bonds is 10. The lowest BCUT2D eigenvalue weighted by atomic mass is 10.0. The highest BCUT2D eigenvalue weighted by molar-refractivity contribution is 8.00. The summed E-state index contributed by atoms with van der Waals surface area (Å²) in [6.45, 7) is 4.47. The monoisotopic (exact) mass is 484 g/mol. The van der Waals surface area contributed by atoms with Crippen molar-refractivity contribution in [3.63, 3.8) is 0 Å². The van der Waals surface area contributed by atoms with E-state index in [0.717, 1.165) is 11.3 Å². The van der Waals surface area contributed by atoms with E-state index in [1.807, 2.05) is 0 Å². The molecule has 0 aliphatic carbocycles. The van der Waals surface area contributed by atoms with Gasteiger partial charge in [-0.1, -0.05) is 12.1 Å². The second-order valence-electron chi connectivity index (χ2n) is 7.80. The molecule has 0 spiro atoms. The molecular formula is C25H28N2O6S. The molecule has 0 bridgehead atoms. The molecule has 1 aliphatic rings. The average molecular weight is 485 g/mol. The molecule has 1 atom stereocenters. The third kappa shape index (κ3) is 6.24. The molecule has 1 aliphatic heterocycles. The lowest BCUT2D eigenvalue weighted by molar-refractivity contribution is -0.119. The van der Waals surface area contributed by atoms with Crippen LogP contribution in [0.25, 0.3) is 0 Å². The third-order valence-electron chi connectivity index (χ3n) is 5.39. The van der Waals surface area contributed by atoms with Gasteiger partial charge in [0.05, 0.1) is 17.9 Å². The number of nitrogens with zero attached hydrogens (tertiary/aromatic N) is 1. The van der Waals surface area contributed by atoms with Gasteiger partial charge in [-0.25, -0.2) is 4.79 Å². The van der Waals surface area contributed by atoms with E-state index < -0.39 is 12.1 Å². The van der Waals surface area contributed by atoms with Gasteiger partial charge in [0.2, 0.25) is 17.6 Å². The number of benzene rings is 2. The highest BCUT2D eigenvalue weighted by Gasteiger charge is 2.26. The van der Waals surface area contributed by atoms with Crippen LogP contribution in [0.5, 0.6) is 0 Å². The smallest absolute Gasteiger partial charge is 0.339 e. The van der Waals surface area contributed by atoms with Crippen molar-refractivity contribution in [1.82, 2.24) is 5.32 Å². The average Bonchev–Trinajstić information content (AvgIpc) is 3.26. The van der Waals surface area contributed by atoms with Gasteiger partial charge < -0.3 is 19.7 Å². The van der Waals surface area contributed by atoms with Crippen LogP contribution in [0.2, 0.25) is 0 Å². The van der Waals surface area contributed by atoms with Crippen molar-refractivity contribution in [3.05, 3.63) is 59.2 Å². The fourth-order valence-corrected chi connectivity index (χ4v) is 4.51. The number of ether oxygens (including phenoxy) is 2. The number of nitrogens with one attached hydrogen (secondary N) is 1. The number of ketones is 1. The number of carbonyl (C=O) groups is 4. The lowest BCUT2D eigenvalue weighted by Crippen LogP contribution is -2.28. The maximum atomic E-state index is 12.9. The molecule has 0 radical (unpaired) electrons. The standard InChI is InChI=1S/C25H28N2O6S/c1-16(24(30)19-8-9-21-18(14-19)10-12-27(21)17(2)28)33-25(31)20-6-4-5-7-22(20)34-15-23(29)26-11-13-32-3/h4-9,14,16H,10-13,15H2,1-3H3,(H,26,29).